The van der Waals surface area contributed by atoms with E-state index in [9.17, 15) is 5.11 Å². The lowest BCUT2D eigenvalue weighted by Gasteiger charge is -2.07. The fourth-order valence-electron chi connectivity index (χ4n) is 1.79. The van der Waals surface area contributed by atoms with E-state index in [1.807, 2.05) is 31.2 Å². The number of allylic oxidation sites excluding steroid dienone is 4. The lowest BCUT2D eigenvalue weighted by atomic mass is 10.2. The molecule has 1 aromatic carbocycles. The number of aryl methyl sites for hydroxylation is 1. The Labute approximate surface area is 146 Å². The molecule has 24 heavy (non-hydrogen) atoms. The van der Waals surface area contributed by atoms with Crippen molar-refractivity contribution < 1.29 is 9.84 Å². The monoisotopic (exact) mass is 322 g/mol. The van der Waals surface area contributed by atoms with Gasteiger partial charge in [0.15, 0.2) is 0 Å². The minimum Gasteiger partial charge on any atom is -0.493 e. The first-order chi connectivity index (χ1) is 11.7. The molecule has 1 N–H and O–H groups in total. The summed E-state index contributed by atoms with van der Waals surface area (Å²) in [5, 5.41) is 9.76. The minimum absolute atomic E-state index is 0.438. The smallest absolute Gasteiger partial charge is 0.119 e. The molecule has 0 fully saturated rings. The van der Waals surface area contributed by atoms with Crippen LogP contribution in [0.5, 0.6) is 5.75 Å². The molecule has 0 spiro atoms. The molecule has 0 amide bonds. The van der Waals surface area contributed by atoms with Crippen molar-refractivity contribution in [1.29, 1.82) is 0 Å². The van der Waals surface area contributed by atoms with Crippen molar-refractivity contribution in [1.82, 2.24) is 0 Å². The maximum atomic E-state index is 9.76. The largest absolute Gasteiger partial charge is 0.493 e. The van der Waals surface area contributed by atoms with Gasteiger partial charge in [-0.3, -0.25) is 0 Å². The highest BCUT2D eigenvalue weighted by molar-refractivity contribution is 5.27. The first-order valence-electron chi connectivity index (χ1n) is 8.39. The van der Waals surface area contributed by atoms with E-state index in [4.69, 9.17) is 4.74 Å². The van der Waals surface area contributed by atoms with Gasteiger partial charge in [0, 0.05) is 12.8 Å². The van der Waals surface area contributed by atoms with Crippen LogP contribution >= 0.6 is 0 Å². The van der Waals surface area contributed by atoms with Gasteiger partial charge in [-0.25, -0.2) is 0 Å². The molecule has 0 saturated carbocycles. The second kappa shape index (κ2) is 13.1. The molecule has 0 radical (unpaired) electrons. The van der Waals surface area contributed by atoms with Crippen LogP contribution in [-0.4, -0.2) is 17.8 Å². The Morgan fingerprint density at radius 3 is 2.62 bits per heavy atom. The minimum atomic E-state index is -0.688. The SMILES string of the molecule is CC/C=C\CCC#C/C=C\C#CC(O)CCOc1ccc(C)cc1. The molecule has 0 aromatic heterocycles. The lowest BCUT2D eigenvalue weighted by molar-refractivity contribution is 0.185. The number of aliphatic hydroxyl groups is 1. The Hall–Kier alpha value is -2.42. The van der Waals surface area contributed by atoms with Crippen molar-refractivity contribution >= 4 is 0 Å². The van der Waals surface area contributed by atoms with Crippen LogP contribution in [0.3, 0.4) is 0 Å². The standard InChI is InChI=1S/C22H26O2/c1-3-4-5-6-7-8-9-10-11-12-13-21(23)18-19-24-22-16-14-20(2)15-17-22/h4-5,10-11,14-17,21,23H,3,6-7,18-19H2,1-2H3/b5-4-,11-10-. The van der Waals surface area contributed by atoms with E-state index in [2.05, 4.69) is 42.8 Å². The average molecular weight is 322 g/mol. The van der Waals surface area contributed by atoms with E-state index in [1.165, 1.54) is 5.56 Å². The van der Waals surface area contributed by atoms with Gasteiger partial charge in [-0.05, 0) is 44.1 Å². The molecule has 1 atom stereocenters. The van der Waals surface area contributed by atoms with E-state index in [0.717, 1.165) is 25.0 Å². The van der Waals surface area contributed by atoms with Crippen molar-refractivity contribution in [2.75, 3.05) is 6.61 Å². The predicted octanol–water partition coefficient (Wildman–Crippen LogP) is 4.43. The molecule has 126 valence electrons. The number of rotatable bonds is 7. The van der Waals surface area contributed by atoms with Gasteiger partial charge < -0.3 is 9.84 Å². The molecular formula is C22H26O2. The van der Waals surface area contributed by atoms with Gasteiger partial charge in [0.2, 0.25) is 0 Å². The Balaban J connectivity index is 2.18. The van der Waals surface area contributed by atoms with E-state index >= 15 is 0 Å². The number of aliphatic hydroxyl groups excluding tert-OH is 1. The molecule has 0 aliphatic carbocycles. The fraction of sp³-hybridized carbons (Fsp3) is 0.364. The quantitative estimate of drug-likeness (QED) is 0.457. The van der Waals surface area contributed by atoms with Crippen LogP contribution in [0.15, 0.2) is 48.6 Å². The highest BCUT2D eigenvalue weighted by Crippen LogP contribution is 2.11. The third-order valence-electron chi connectivity index (χ3n) is 3.12. The van der Waals surface area contributed by atoms with Crippen LogP contribution in [0, 0.1) is 30.6 Å². The molecule has 2 nitrogen and oxygen atoms in total. The van der Waals surface area contributed by atoms with Crippen molar-refractivity contribution in [3.8, 4) is 29.4 Å². The van der Waals surface area contributed by atoms with Gasteiger partial charge >= 0.3 is 0 Å². The Kier molecular flexibility index (Phi) is 10.7. The van der Waals surface area contributed by atoms with E-state index in [-0.39, 0.29) is 0 Å². The third-order valence-corrected chi connectivity index (χ3v) is 3.12. The van der Waals surface area contributed by atoms with Gasteiger partial charge in [0.1, 0.15) is 11.9 Å². The normalized spacial score (nSPS) is 11.6. The summed E-state index contributed by atoms with van der Waals surface area (Å²) < 4.78 is 5.56. The molecule has 0 saturated heterocycles. The second-order valence-electron chi connectivity index (χ2n) is 5.33. The van der Waals surface area contributed by atoms with Crippen LogP contribution in [0.1, 0.15) is 38.2 Å². The summed E-state index contributed by atoms with van der Waals surface area (Å²) in [5.41, 5.74) is 1.19. The number of ether oxygens (including phenoxy) is 1. The van der Waals surface area contributed by atoms with Gasteiger partial charge in [-0.1, -0.05) is 60.5 Å². The number of hydrogen-bond acceptors (Lipinski definition) is 2. The molecule has 0 bridgehead atoms. The van der Waals surface area contributed by atoms with Crippen molar-refractivity contribution in [3.63, 3.8) is 0 Å². The Morgan fingerprint density at radius 2 is 1.88 bits per heavy atom. The maximum absolute atomic E-state index is 9.76. The van der Waals surface area contributed by atoms with Gasteiger partial charge in [-0.2, -0.15) is 0 Å². The summed E-state index contributed by atoms with van der Waals surface area (Å²) in [7, 11) is 0. The van der Waals surface area contributed by atoms with Crippen LogP contribution < -0.4 is 4.74 Å². The van der Waals surface area contributed by atoms with Crippen LogP contribution in [0.2, 0.25) is 0 Å². The number of unbranched alkanes of at least 4 members (excludes halogenated alkanes) is 1. The number of hydrogen-bond donors (Lipinski definition) is 1. The summed E-state index contributed by atoms with van der Waals surface area (Å²) in [6.45, 7) is 4.59. The Morgan fingerprint density at radius 1 is 1.12 bits per heavy atom. The first kappa shape index (κ1) is 19.6. The van der Waals surface area contributed by atoms with E-state index in [1.54, 1.807) is 12.2 Å². The Bertz CT molecular complexity index is 631. The molecule has 1 rings (SSSR count). The fourth-order valence-corrected chi connectivity index (χ4v) is 1.79. The summed E-state index contributed by atoms with van der Waals surface area (Å²) in [6, 6.07) is 7.84. The third kappa shape index (κ3) is 10.3. The molecule has 1 unspecified atom stereocenters. The molecule has 0 heterocycles. The molecule has 0 aliphatic rings. The second-order valence-corrected chi connectivity index (χ2v) is 5.33. The molecular weight excluding hydrogens is 296 g/mol. The zero-order valence-electron chi connectivity index (χ0n) is 14.6. The summed E-state index contributed by atoms with van der Waals surface area (Å²) in [6.07, 6.45) is 10.4. The van der Waals surface area contributed by atoms with Crippen LogP contribution in [0.4, 0.5) is 0 Å². The molecule has 0 aliphatic heterocycles. The average Bonchev–Trinajstić information content (AvgIpc) is 2.58. The summed E-state index contributed by atoms with van der Waals surface area (Å²) in [5.74, 6) is 12.3. The predicted molar refractivity (Wildman–Crippen MR) is 101 cm³/mol. The van der Waals surface area contributed by atoms with Crippen molar-refractivity contribution in [2.45, 2.75) is 45.6 Å². The topological polar surface area (TPSA) is 29.5 Å². The van der Waals surface area contributed by atoms with E-state index < -0.39 is 6.10 Å². The number of benzene rings is 1. The highest BCUT2D eigenvalue weighted by Gasteiger charge is 1.99. The summed E-state index contributed by atoms with van der Waals surface area (Å²) >= 11 is 0. The van der Waals surface area contributed by atoms with Gasteiger partial charge in [0.05, 0.1) is 6.61 Å². The summed E-state index contributed by atoms with van der Waals surface area (Å²) in [4.78, 5) is 0. The van der Waals surface area contributed by atoms with Crippen molar-refractivity contribution in [2.24, 2.45) is 0 Å². The highest BCUT2D eigenvalue weighted by atomic mass is 16.5. The molecule has 2 heteroatoms. The maximum Gasteiger partial charge on any atom is 0.119 e. The lowest BCUT2D eigenvalue weighted by Crippen LogP contribution is -2.09. The van der Waals surface area contributed by atoms with Gasteiger partial charge in [0.25, 0.3) is 0 Å². The first-order valence-corrected chi connectivity index (χ1v) is 8.39. The molecule has 1 aromatic rings. The van der Waals surface area contributed by atoms with Crippen molar-refractivity contribution in [3.05, 3.63) is 54.1 Å². The van der Waals surface area contributed by atoms with Gasteiger partial charge in [-0.15, -0.1) is 0 Å². The van der Waals surface area contributed by atoms with Crippen LogP contribution in [-0.2, 0) is 0 Å². The zero-order chi connectivity index (χ0) is 17.5. The van der Waals surface area contributed by atoms with Crippen LogP contribution in [0.25, 0.3) is 0 Å². The zero-order valence-corrected chi connectivity index (χ0v) is 14.6. The van der Waals surface area contributed by atoms with E-state index in [0.29, 0.717) is 13.0 Å².